The average Bonchev–Trinajstić information content (AvgIpc) is 3.23. The minimum absolute atomic E-state index is 0.116. The van der Waals surface area contributed by atoms with Gasteiger partial charge in [0.05, 0.1) is 64.8 Å². The van der Waals surface area contributed by atoms with Gasteiger partial charge in [0.15, 0.2) is 0 Å². The third kappa shape index (κ3) is 13.3. The highest BCUT2D eigenvalue weighted by Crippen LogP contribution is 2.26. The lowest BCUT2D eigenvalue weighted by molar-refractivity contribution is -0.216. The molecule has 0 unspecified atom stereocenters. The van der Waals surface area contributed by atoms with E-state index in [2.05, 4.69) is 29.3 Å². The van der Waals surface area contributed by atoms with Crippen molar-refractivity contribution in [3.05, 3.63) is 71.3 Å². The van der Waals surface area contributed by atoms with Crippen LogP contribution in [-0.4, -0.2) is 98.9 Å². The van der Waals surface area contributed by atoms with E-state index in [-0.39, 0.29) is 51.2 Å². The van der Waals surface area contributed by atoms with Crippen LogP contribution in [0.15, 0.2) is 54.6 Å². The molecule has 0 N–H and O–H groups in total. The van der Waals surface area contributed by atoms with E-state index in [0.29, 0.717) is 0 Å². The second-order valence-electron chi connectivity index (χ2n) is 11.1. The van der Waals surface area contributed by atoms with E-state index < -0.39 is 61.6 Å². The molecular weight excluding hydrogens is 756 g/mol. The van der Waals surface area contributed by atoms with Gasteiger partial charge in [-0.05, 0) is 43.3 Å². The van der Waals surface area contributed by atoms with Crippen molar-refractivity contribution in [1.82, 2.24) is 0 Å². The fourth-order valence-electron chi connectivity index (χ4n) is 4.03. The number of carbonyl (C=O) groups is 6. The van der Waals surface area contributed by atoms with Gasteiger partial charge in [-0.3, -0.25) is 0 Å². The maximum atomic E-state index is 12.5. The largest absolute Gasteiger partial charge is 0.549 e. The molecule has 0 bridgehead atoms. The second kappa shape index (κ2) is 20.8. The molecule has 3 rings (SSSR count). The average molecular weight is 793 g/mol. The highest BCUT2D eigenvalue weighted by molar-refractivity contribution is 5.91. The molecule has 3 aromatic carbocycles. The number of benzene rings is 3. The summed E-state index contributed by atoms with van der Waals surface area (Å²) in [7, 11) is 8.09. The number of carbonyl (C=O) groups excluding carboxylic acids is 6. The third-order valence-corrected chi connectivity index (χ3v) is 6.93. The van der Waals surface area contributed by atoms with Gasteiger partial charge < -0.3 is 42.6 Å². The summed E-state index contributed by atoms with van der Waals surface area (Å²) in [5.74, 6) is -2.01. The molecule has 0 amide bonds. The first-order valence-electron chi connectivity index (χ1n) is 15.6. The van der Waals surface area contributed by atoms with Gasteiger partial charge in [-0.1, -0.05) is 0 Å². The van der Waals surface area contributed by atoms with Crippen LogP contribution in [0.5, 0.6) is 34.5 Å². The fraction of sp³-hybridized carbons (Fsp3) is 0.314. The van der Waals surface area contributed by atoms with Crippen molar-refractivity contribution < 1.29 is 101 Å². The summed E-state index contributed by atoms with van der Waals surface area (Å²) in [6.07, 6.45) is -4.68. The smallest absolute Gasteiger partial charge is 0.497 e. The van der Waals surface area contributed by atoms with Crippen LogP contribution in [0.2, 0.25) is 0 Å². The summed E-state index contributed by atoms with van der Waals surface area (Å²) in [6, 6.07) is 12.1. The van der Waals surface area contributed by atoms with E-state index in [1.165, 1.54) is 104 Å². The SMILES string of the molecule is COc1cc(OC)cc(C(=O)OOC(=O)OCC(C)(COC(=O)OOC(=O)c2cc(OC)cc(OC)c2)COC(=O)OOC(=O)c2cc(OC)cc(OC)c2)c1. The summed E-state index contributed by atoms with van der Waals surface area (Å²) in [4.78, 5) is 101. The Labute approximate surface area is 317 Å². The molecule has 56 heavy (non-hydrogen) atoms. The first-order chi connectivity index (χ1) is 26.7. The van der Waals surface area contributed by atoms with Crippen LogP contribution < -0.4 is 28.4 Å². The van der Waals surface area contributed by atoms with E-state index >= 15 is 0 Å². The summed E-state index contributed by atoms with van der Waals surface area (Å²) >= 11 is 0. The molecule has 0 spiro atoms. The lowest BCUT2D eigenvalue weighted by atomic mass is 9.94. The van der Waals surface area contributed by atoms with Gasteiger partial charge in [0, 0.05) is 18.2 Å². The van der Waals surface area contributed by atoms with Crippen molar-refractivity contribution in [2.45, 2.75) is 6.92 Å². The first kappa shape index (κ1) is 43.1. The molecule has 0 radical (unpaired) electrons. The summed E-state index contributed by atoms with van der Waals surface area (Å²) in [5.41, 5.74) is -2.00. The standard InChI is InChI=1S/C35H36O21/c1-35(17-48-32(39)54-51-29(36)20-8-23(42-2)14-24(9-20)43-3,18-49-33(40)55-52-30(37)21-10-25(44-4)15-26(11-21)45-5)19-50-34(41)56-53-31(38)22-12-27(46-6)16-28(13-22)47-7/h8-16H,17-19H2,1-7H3. The highest BCUT2D eigenvalue weighted by Gasteiger charge is 2.33. The van der Waals surface area contributed by atoms with Crippen molar-refractivity contribution in [2.24, 2.45) is 5.41 Å². The zero-order valence-corrected chi connectivity index (χ0v) is 30.9. The van der Waals surface area contributed by atoms with Gasteiger partial charge in [0.2, 0.25) is 0 Å². The first-order valence-corrected chi connectivity index (χ1v) is 15.6. The van der Waals surface area contributed by atoms with Crippen molar-refractivity contribution >= 4 is 36.4 Å². The van der Waals surface area contributed by atoms with Crippen LogP contribution in [0.3, 0.4) is 0 Å². The zero-order valence-electron chi connectivity index (χ0n) is 30.9. The predicted octanol–water partition coefficient (Wildman–Crippen LogP) is 4.82. The molecule has 0 aliphatic carbocycles. The Kier molecular flexibility index (Phi) is 16.0. The molecule has 0 saturated carbocycles. The zero-order chi connectivity index (χ0) is 41.3. The normalized spacial score (nSPS) is 10.3. The second-order valence-corrected chi connectivity index (χ2v) is 11.1. The van der Waals surface area contributed by atoms with Gasteiger partial charge in [0.25, 0.3) is 0 Å². The Morgan fingerprint density at radius 3 is 0.786 bits per heavy atom. The topological polar surface area (TPSA) is 241 Å². The molecule has 0 aliphatic heterocycles. The molecule has 302 valence electrons. The molecule has 0 heterocycles. The maximum absolute atomic E-state index is 12.5. The van der Waals surface area contributed by atoms with Gasteiger partial charge in [-0.2, -0.15) is 14.4 Å². The lowest BCUT2D eigenvalue weighted by Gasteiger charge is -2.26. The molecule has 3 aromatic rings. The fourth-order valence-corrected chi connectivity index (χ4v) is 4.03. The van der Waals surface area contributed by atoms with Gasteiger partial charge >= 0.3 is 36.4 Å². The summed E-state index contributed by atoms with van der Waals surface area (Å²) in [5, 5.41) is 0. The van der Waals surface area contributed by atoms with Crippen LogP contribution in [0, 0.1) is 5.41 Å². The lowest BCUT2D eigenvalue weighted by Crippen LogP contribution is -2.37. The monoisotopic (exact) mass is 792 g/mol. The van der Waals surface area contributed by atoms with Gasteiger partial charge in [-0.25, -0.2) is 43.7 Å². The number of hydrogen-bond acceptors (Lipinski definition) is 21. The Hall–Kier alpha value is -7.32. The van der Waals surface area contributed by atoms with E-state index in [1.54, 1.807) is 0 Å². The number of methoxy groups -OCH3 is 6. The summed E-state index contributed by atoms with van der Waals surface area (Å²) in [6.45, 7) is -1.00. The van der Waals surface area contributed by atoms with Crippen molar-refractivity contribution in [2.75, 3.05) is 62.5 Å². The third-order valence-electron chi connectivity index (χ3n) is 6.93. The number of ether oxygens (including phenoxy) is 9. The molecule has 0 atom stereocenters. The predicted molar refractivity (Wildman–Crippen MR) is 180 cm³/mol. The highest BCUT2D eigenvalue weighted by atomic mass is 17.2. The van der Waals surface area contributed by atoms with Crippen molar-refractivity contribution in [1.29, 1.82) is 0 Å². The maximum Gasteiger partial charge on any atom is 0.549 e. The molecule has 0 fully saturated rings. The molecule has 21 nitrogen and oxygen atoms in total. The Bertz CT molecular complexity index is 1590. The Morgan fingerprint density at radius 2 is 0.589 bits per heavy atom. The molecule has 0 saturated heterocycles. The Morgan fingerprint density at radius 1 is 0.375 bits per heavy atom. The van der Waals surface area contributed by atoms with E-state index in [0.717, 1.165) is 0 Å². The quantitative estimate of drug-likeness (QED) is 0.0867. The van der Waals surface area contributed by atoms with E-state index in [9.17, 15) is 28.8 Å². The molecule has 0 aliphatic rings. The van der Waals surface area contributed by atoms with Gasteiger partial charge in [-0.15, -0.1) is 0 Å². The van der Waals surface area contributed by atoms with Crippen LogP contribution in [0.1, 0.15) is 38.0 Å². The van der Waals surface area contributed by atoms with Crippen LogP contribution in [-0.2, 0) is 43.5 Å². The number of rotatable bonds is 15. The number of hydrogen-bond donors (Lipinski definition) is 0. The van der Waals surface area contributed by atoms with Crippen LogP contribution >= 0.6 is 0 Å². The molecule has 0 aromatic heterocycles. The minimum Gasteiger partial charge on any atom is -0.497 e. The van der Waals surface area contributed by atoms with Crippen molar-refractivity contribution in [3.63, 3.8) is 0 Å². The van der Waals surface area contributed by atoms with E-state index in [4.69, 9.17) is 42.6 Å². The Balaban J connectivity index is 1.63. The van der Waals surface area contributed by atoms with Crippen molar-refractivity contribution in [3.8, 4) is 34.5 Å². The van der Waals surface area contributed by atoms with Crippen LogP contribution in [0.4, 0.5) is 14.4 Å². The van der Waals surface area contributed by atoms with Crippen LogP contribution in [0.25, 0.3) is 0 Å². The molecular formula is C35H36O21. The summed E-state index contributed by atoms with van der Waals surface area (Å²) < 4.78 is 45.4. The van der Waals surface area contributed by atoms with E-state index in [1.807, 2.05) is 0 Å². The minimum atomic E-state index is -1.66. The van der Waals surface area contributed by atoms with Gasteiger partial charge in [0.1, 0.15) is 54.3 Å². The molecule has 21 heteroatoms.